The molecule has 3 rings (SSSR count). The second-order valence-corrected chi connectivity index (χ2v) is 6.77. The average molecular weight is 426 g/mol. The molecule has 160 valence electrons. The Morgan fingerprint density at radius 2 is 1.55 bits per heavy atom. The maximum absolute atomic E-state index is 13.3. The minimum absolute atomic E-state index is 0.0628. The van der Waals surface area contributed by atoms with Crippen molar-refractivity contribution in [2.45, 2.75) is 12.8 Å². The van der Waals surface area contributed by atoms with Gasteiger partial charge >= 0.3 is 11.9 Å². The van der Waals surface area contributed by atoms with Gasteiger partial charge in [0.1, 0.15) is 5.82 Å². The number of hydrogen-bond donors (Lipinski definition) is 0. The zero-order valence-electron chi connectivity index (χ0n) is 17.0. The quantitative estimate of drug-likeness (QED) is 0.408. The molecular weight excluding hydrogens is 407 g/mol. The highest BCUT2D eigenvalue weighted by Gasteiger charge is 2.36. The van der Waals surface area contributed by atoms with Crippen LogP contribution in [0.4, 0.5) is 15.8 Å². The van der Waals surface area contributed by atoms with E-state index in [2.05, 4.69) is 0 Å². The van der Waals surface area contributed by atoms with Gasteiger partial charge in [0.25, 0.3) is 5.69 Å². The molecule has 1 aliphatic heterocycles. The zero-order chi connectivity index (χ0) is 22.7. The summed E-state index contributed by atoms with van der Waals surface area (Å²) >= 11 is 0. The van der Waals surface area contributed by atoms with Gasteiger partial charge in [-0.1, -0.05) is 12.1 Å². The molecule has 0 radical (unpaired) electrons. The monoisotopic (exact) mass is 426 g/mol. The van der Waals surface area contributed by atoms with E-state index in [0.29, 0.717) is 16.8 Å². The second kappa shape index (κ2) is 8.78. The summed E-state index contributed by atoms with van der Waals surface area (Å²) in [6.07, 6.45) is 2.89. The Hall–Kier alpha value is -4.01. The number of carbonyl (C=O) groups is 2. The lowest BCUT2D eigenvalue weighted by atomic mass is 9.82. The normalized spacial score (nSPS) is 13.9. The molecule has 1 aliphatic rings. The van der Waals surface area contributed by atoms with Gasteiger partial charge in [-0.05, 0) is 36.8 Å². The number of aryl methyl sites for hydroxylation is 1. The van der Waals surface area contributed by atoms with Crippen LogP contribution in [0.2, 0.25) is 0 Å². The molecule has 31 heavy (non-hydrogen) atoms. The molecular formula is C22H19FN2O6. The van der Waals surface area contributed by atoms with Crippen LogP contribution in [0.25, 0.3) is 0 Å². The number of halogens is 1. The Bertz CT molecular complexity index is 1070. The van der Waals surface area contributed by atoms with Gasteiger partial charge in [-0.2, -0.15) is 0 Å². The lowest BCUT2D eigenvalue weighted by Crippen LogP contribution is -2.28. The van der Waals surface area contributed by atoms with Crippen molar-refractivity contribution in [3.05, 3.63) is 93.1 Å². The van der Waals surface area contributed by atoms with E-state index in [9.17, 15) is 24.1 Å². The third kappa shape index (κ3) is 4.30. The number of carbonyl (C=O) groups excluding carboxylic acids is 2. The fourth-order valence-electron chi connectivity index (χ4n) is 3.35. The number of nitro groups is 1. The summed E-state index contributed by atoms with van der Waals surface area (Å²) in [7, 11) is 2.38. The lowest BCUT2D eigenvalue weighted by molar-refractivity contribution is -0.385. The molecule has 0 aromatic heterocycles. The number of hydrogen-bond acceptors (Lipinski definition) is 7. The fourth-order valence-corrected chi connectivity index (χ4v) is 3.35. The number of nitrogens with zero attached hydrogens (tertiary/aromatic N) is 2. The van der Waals surface area contributed by atoms with Crippen molar-refractivity contribution < 1.29 is 28.4 Å². The van der Waals surface area contributed by atoms with Crippen LogP contribution in [0.3, 0.4) is 0 Å². The van der Waals surface area contributed by atoms with Gasteiger partial charge < -0.3 is 14.4 Å². The third-order valence-electron chi connectivity index (χ3n) is 4.91. The molecule has 0 spiro atoms. The largest absolute Gasteiger partial charge is 0.466 e. The molecule has 0 saturated carbocycles. The van der Waals surface area contributed by atoms with E-state index in [0.717, 1.165) is 0 Å². The first-order chi connectivity index (χ1) is 14.8. The number of nitro benzene ring substituents is 1. The topological polar surface area (TPSA) is 99.0 Å². The van der Waals surface area contributed by atoms with E-state index < -0.39 is 28.6 Å². The van der Waals surface area contributed by atoms with E-state index in [4.69, 9.17) is 9.47 Å². The molecule has 8 nitrogen and oxygen atoms in total. The first-order valence-corrected chi connectivity index (χ1v) is 9.15. The fraction of sp³-hybridized carbons (Fsp3) is 0.182. The summed E-state index contributed by atoms with van der Waals surface area (Å²) < 4.78 is 23.1. The molecule has 0 atom stereocenters. The Morgan fingerprint density at radius 3 is 2.03 bits per heavy atom. The van der Waals surface area contributed by atoms with Crippen LogP contribution >= 0.6 is 0 Å². The van der Waals surface area contributed by atoms with Crippen molar-refractivity contribution in [2.24, 2.45) is 0 Å². The summed E-state index contributed by atoms with van der Waals surface area (Å²) in [4.78, 5) is 37.6. The molecule has 0 saturated heterocycles. The van der Waals surface area contributed by atoms with Gasteiger partial charge in [0, 0.05) is 29.7 Å². The Kier molecular flexibility index (Phi) is 6.15. The van der Waals surface area contributed by atoms with Crippen LogP contribution in [-0.2, 0) is 19.1 Å². The number of benzene rings is 2. The number of anilines is 1. The summed E-state index contributed by atoms with van der Waals surface area (Å²) in [5.74, 6) is -2.86. The van der Waals surface area contributed by atoms with E-state index in [-0.39, 0.29) is 16.8 Å². The lowest BCUT2D eigenvalue weighted by Gasteiger charge is -2.30. The van der Waals surface area contributed by atoms with Gasteiger partial charge in [0.2, 0.25) is 0 Å². The van der Waals surface area contributed by atoms with E-state index >= 15 is 0 Å². The van der Waals surface area contributed by atoms with Crippen LogP contribution in [-0.4, -0.2) is 31.1 Å². The predicted octanol–water partition coefficient (Wildman–Crippen LogP) is 3.76. The predicted molar refractivity (Wildman–Crippen MR) is 110 cm³/mol. The van der Waals surface area contributed by atoms with Crippen LogP contribution in [0.5, 0.6) is 0 Å². The Morgan fingerprint density at radius 1 is 1.00 bits per heavy atom. The van der Waals surface area contributed by atoms with Crippen molar-refractivity contribution in [1.82, 2.24) is 0 Å². The van der Waals surface area contributed by atoms with Crippen LogP contribution in [0, 0.1) is 22.9 Å². The van der Waals surface area contributed by atoms with E-state index in [1.54, 1.807) is 19.1 Å². The molecule has 0 bridgehead atoms. The van der Waals surface area contributed by atoms with E-state index in [1.165, 1.54) is 61.9 Å². The highest BCUT2D eigenvalue weighted by molar-refractivity contribution is 6.00. The molecule has 0 fully saturated rings. The third-order valence-corrected chi connectivity index (χ3v) is 4.91. The van der Waals surface area contributed by atoms with Gasteiger partial charge in [-0.3, -0.25) is 10.1 Å². The highest BCUT2D eigenvalue weighted by Crippen LogP contribution is 2.39. The molecule has 2 aromatic rings. The molecule has 2 aromatic carbocycles. The minimum Gasteiger partial charge on any atom is -0.466 e. The van der Waals surface area contributed by atoms with Crippen molar-refractivity contribution in [1.29, 1.82) is 0 Å². The Labute approximate surface area is 177 Å². The van der Waals surface area contributed by atoms with Crippen molar-refractivity contribution in [3.63, 3.8) is 0 Å². The summed E-state index contributed by atoms with van der Waals surface area (Å²) in [5.41, 5.74) is 1.25. The van der Waals surface area contributed by atoms with Crippen LogP contribution in [0.15, 0.2) is 66.0 Å². The second-order valence-electron chi connectivity index (χ2n) is 6.77. The zero-order valence-corrected chi connectivity index (χ0v) is 17.0. The minimum atomic E-state index is -0.962. The number of esters is 2. The van der Waals surface area contributed by atoms with Gasteiger partial charge in [-0.25, -0.2) is 14.0 Å². The smallest absolute Gasteiger partial charge is 0.336 e. The first-order valence-electron chi connectivity index (χ1n) is 9.15. The SMILES string of the molecule is COC(=O)C1=CN(c2ccc(F)cc2)C=C(C(=O)OC)C1c1ccc(C)c([N+](=O)[O-])c1. The molecule has 0 amide bonds. The first kappa shape index (κ1) is 21.7. The van der Waals surface area contributed by atoms with Crippen LogP contribution in [0.1, 0.15) is 17.0 Å². The van der Waals surface area contributed by atoms with Gasteiger partial charge in [-0.15, -0.1) is 0 Å². The maximum Gasteiger partial charge on any atom is 0.336 e. The number of methoxy groups -OCH3 is 2. The van der Waals surface area contributed by atoms with E-state index in [1.807, 2.05) is 0 Å². The summed E-state index contributed by atoms with van der Waals surface area (Å²) in [5, 5.41) is 11.4. The molecule has 0 N–H and O–H groups in total. The standard InChI is InChI=1S/C22H19FN2O6/c1-13-4-5-14(10-19(13)25(28)29)20-17(21(26)30-2)11-24(12-18(20)22(27)31-3)16-8-6-15(23)7-9-16/h4-12,20H,1-3H3. The van der Waals surface area contributed by atoms with Gasteiger partial charge in [0.05, 0.1) is 36.2 Å². The van der Waals surface area contributed by atoms with Crippen LogP contribution < -0.4 is 4.90 Å². The molecule has 9 heteroatoms. The maximum atomic E-state index is 13.3. The van der Waals surface area contributed by atoms with Crippen molar-refractivity contribution in [3.8, 4) is 0 Å². The number of ether oxygens (including phenoxy) is 2. The average Bonchev–Trinajstić information content (AvgIpc) is 2.77. The summed E-state index contributed by atoms with van der Waals surface area (Å²) in [6, 6.07) is 9.90. The highest BCUT2D eigenvalue weighted by atomic mass is 19.1. The summed E-state index contributed by atoms with van der Waals surface area (Å²) in [6.45, 7) is 1.59. The number of rotatable bonds is 5. The molecule has 1 heterocycles. The molecule has 0 unspecified atom stereocenters. The molecule has 0 aliphatic carbocycles. The van der Waals surface area contributed by atoms with Crippen molar-refractivity contribution >= 4 is 23.3 Å². The van der Waals surface area contributed by atoms with Gasteiger partial charge in [0.15, 0.2) is 0 Å². The Balaban J connectivity index is 2.21. The van der Waals surface area contributed by atoms with Crippen molar-refractivity contribution in [2.75, 3.05) is 19.1 Å².